The maximum atomic E-state index is 13.0. The van der Waals surface area contributed by atoms with Crippen LogP contribution in [0.3, 0.4) is 0 Å². The summed E-state index contributed by atoms with van der Waals surface area (Å²) in [5, 5.41) is 6.05. The molecule has 1 aliphatic heterocycles. The number of aromatic nitrogens is 2. The number of hydrogen-bond donors (Lipinski definition) is 2. The Balaban J connectivity index is 1.37. The Morgan fingerprint density at radius 3 is 2.33 bits per heavy atom. The molecule has 0 unspecified atom stereocenters. The van der Waals surface area contributed by atoms with Crippen LogP contribution in [-0.4, -0.2) is 56.4 Å². The molecule has 1 amide bonds. The van der Waals surface area contributed by atoms with Gasteiger partial charge in [-0.3, -0.25) is 4.79 Å². The largest absolute Gasteiger partial charge is 0.497 e. The van der Waals surface area contributed by atoms with Crippen LogP contribution >= 0.6 is 0 Å². The summed E-state index contributed by atoms with van der Waals surface area (Å²) in [5.41, 5.74) is 2.68. The van der Waals surface area contributed by atoms with Crippen molar-refractivity contribution >= 4 is 28.9 Å². The highest BCUT2D eigenvalue weighted by atomic mass is 16.5. The number of nitrogens with one attached hydrogen (secondary N) is 2. The number of benzene rings is 3. The summed E-state index contributed by atoms with van der Waals surface area (Å²) in [6.45, 7) is 3.19. The maximum absolute atomic E-state index is 13.0. The standard InChI is InChI=1S/C29H29N5O5/c1-36-23-10-12-24(13-11-23)39-28-26(32-27(35)20-4-3-5-25(18-20)37-2)19-30-29(33-28)31-21-6-8-22(9-7-21)34-14-16-38-17-15-34/h3-13,18-19H,14-17H2,1-2H3,(H,32,35)(H,30,31,33). The fraction of sp³-hybridized carbons (Fsp3) is 0.207. The number of carbonyl (C=O) groups excluding carboxylic acids is 1. The summed E-state index contributed by atoms with van der Waals surface area (Å²) in [4.78, 5) is 24.2. The quantitative estimate of drug-likeness (QED) is 0.307. The average Bonchev–Trinajstić information content (AvgIpc) is 2.99. The Morgan fingerprint density at radius 1 is 0.897 bits per heavy atom. The van der Waals surface area contributed by atoms with Crippen LogP contribution in [0.15, 0.2) is 79.0 Å². The second-order valence-electron chi connectivity index (χ2n) is 8.65. The highest BCUT2D eigenvalue weighted by Crippen LogP contribution is 2.31. The molecule has 0 atom stereocenters. The molecule has 0 bridgehead atoms. The zero-order valence-electron chi connectivity index (χ0n) is 21.7. The highest BCUT2D eigenvalue weighted by Gasteiger charge is 2.16. The number of carbonyl (C=O) groups is 1. The fourth-order valence-corrected chi connectivity index (χ4v) is 4.01. The lowest BCUT2D eigenvalue weighted by Crippen LogP contribution is -2.36. The van der Waals surface area contributed by atoms with Gasteiger partial charge in [0, 0.05) is 30.0 Å². The number of morpholine rings is 1. The molecule has 39 heavy (non-hydrogen) atoms. The average molecular weight is 528 g/mol. The van der Waals surface area contributed by atoms with E-state index in [2.05, 4.69) is 25.5 Å². The molecule has 10 heteroatoms. The zero-order chi connectivity index (χ0) is 27.0. The van der Waals surface area contributed by atoms with Crippen LogP contribution in [0, 0.1) is 0 Å². The van der Waals surface area contributed by atoms with Gasteiger partial charge >= 0.3 is 0 Å². The molecule has 0 saturated carbocycles. The van der Waals surface area contributed by atoms with E-state index >= 15 is 0 Å². The fourth-order valence-electron chi connectivity index (χ4n) is 4.01. The molecule has 10 nitrogen and oxygen atoms in total. The Kier molecular flexibility index (Phi) is 8.03. The number of ether oxygens (including phenoxy) is 4. The summed E-state index contributed by atoms with van der Waals surface area (Å²) in [7, 11) is 3.14. The van der Waals surface area contributed by atoms with Crippen LogP contribution in [-0.2, 0) is 4.74 Å². The number of amides is 1. The van der Waals surface area contributed by atoms with Gasteiger partial charge in [0.2, 0.25) is 11.8 Å². The van der Waals surface area contributed by atoms with Crippen molar-refractivity contribution in [1.29, 1.82) is 0 Å². The van der Waals surface area contributed by atoms with Crippen LogP contribution in [0.25, 0.3) is 0 Å². The number of nitrogens with zero attached hydrogens (tertiary/aromatic N) is 3. The van der Waals surface area contributed by atoms with Crippen LogP contribution < -0.4 is 29.7 Å². The minimum Gasteiger partial charge on any atom is -0.497 e. The van der Waals surface area contributed by atoms with Crippen molar-refractivity contribution in [3.63, 3.8) is 0 Å². The second-order valence-corrected chi connectivity index (χ2v) is 8.65. The summed E-state index contributed by atoms with van der Waals surface area (Å²) >= 11 is 0. The molecule has 0 spiro atoms. The van der Waals surface area contributed by atoms with Crippen LogP contribution in [0.4, 0.5) is 23.0 Å². The minimum atomic E-state index is -0.350. The molecule has 2 N–H and O–H groups in total. The van der Waals surface area contributed by atoms with Gasteiger partial charge in [-0.15, -0.1) is 0 Å². The number of hydrogen-bond acceptors (Lipinski definition) is 9. The lowest BCUT2D eigenvalue weighted by atomic mass is 10.2. The summed E-state index contributed by atoms with van der Waals surface area (Å²) in [6, 6.07) is 22.0. The van der Waals surface area contributed by atoms with Crippen molar-refractivity contribution in [2.75, 3.05) is 56.1 Å². The van der Waals surface area contributed by atoms with Gasteiger partial charge in [-0.1, -0.05) is 6.07 Å². The third kappa shape index (κ3) is 6.55. The molecular weight excluding hydrogens is 498 g/mol. The number of rotatable bonds is 9. The van der Waals surface area contributed by atoms with Crippen molar-refractivity contribution in [3.05, 3.63) is 84.6 Å². The van der Waals surface area contributed by atoms with Gasteiger partial charge in [0.05, 0.1) is 33.6 Å². The maximum Gasteiger partial charge on any atom is 0.255 e. The van der Waals surface area contributed by atoms with E-state index in [1.165, 1.54) is 6.20 Å². The van der Waals surface area contributed by atoms with Crippen molar-refractivity contribution < 1.29 is 23.7 Å². The van der Waals surface area contributed by atoms with Gasteiger partial charge in [0.1, 0.15) is 22.9 Å². The van der Waals surface area contributed by atoms with E-state index in [0.717, 1.165) is 37.7 Å². The minimum absolute atomic E-state index is 0.179. The smallest absolute Gasteiger partial charge is 0.255 e. The van der Waals surface area contributed by atoms with E-state index in [1.54, 1.807) is 62.8 Å². The summed E-state index contributed by atoms with van der Waals surface area (Å²) < 4.78 is 22.0. The van der Waals surface area contributed by atoms with Crippen LogP contribution in [0.5, 0.6) is 23.1 Å². The first-order valence-electron chi connectivity index (χ1n) is 12.5. The Hall–Kier alpha value is -4.83. The summed E-state index contributed by atoms with van der Waals surface area (Å²) in [6.07, 6.45) is 1.51. The normalized spacial score (nSPS) is 12.9. The zero-order valence-corrected chi connectivity index (χ0v) is 21.7. The summed E-state index contributed by atoms with van der Waals surface area (Å²) in [5.74, 6) is 1.94. The number of methoxy groups -OCH3 is 2. The molecule has 0 aliphatic carbocycles. The Morgan fingerprint density at radius 2 is 1.62 bits per heavy atom. The van der Waals surface area contributed by atoms with E-state index in [4.69, 9.17) is 18.9 Å². The molecular formula is C29H29N5O5. The van der Waals surface area contributed by atoms with Crippen LogP contribution in [0.2, 0.25) is 0 Å². The molecule has 5 rings (SSSR count). The van der Waals surface area contributed by atoms with Gasteiger partial charge in [-0.2, -0.15) is 4.98 Å². The SMILES string of the molecule is COc1ccc(Oc2nc(Nc3ccc(N4CCOCC4)cc3)ncc2NC(=O)c2cccc(OC)c2)cc1. The third-order valence-corrected chi connectivity index (χ3v) is 6.11. The Bertz CT molecular complexity index is 1410. The van der Waals surface area contributed by atoms with Crippen molar-refractivity contribution in [2.45, 2.75) is 0 Å². The first-order chi connectivity index (χ1) is 19.1. The monoisotopic (exact) mass is 527 g/mol. The topological polar surface area (TPSA) is 107 Å². The lowest BCUT2D eigenvalue weighted by molar-refractivity contribution is 0.102. The van der Waals surface area contributed by atoms with E-state index < -0.39 is 0 Å². The molecule has 1 aromatic heterocycles. The van der Waals surface area contributed by atoms with Gasteiger partial charge in [0.25, 0.3) is 5.91 Å². The molecule has 3 aromatic carbocycles. The molecule has 1 fully saturated rings. The molecule has 1 saturated heterocycles. The first-order valence-corrected chi connectivity index (χ1v) is 12.5. The van der Waals surface area contributed by atoms with Gasteiger partial charge in [-0.25, -0.2) is 4.98 Å². The van der Waals surface area contributed by atoms with Gasteiger partial charge in [0.15, 0.2) is 0 Å². The predicted molar refractivity (Wildman–Crippen MR) is 149 cm³/mol. The first kappa shape index (κ1) is 25.8. The van der Waals surface area contributed by atoms with Crippen molar-refractivity contribution in [2.24, 2.45) is 0 Å². The van der Waals surface area contributed by atoms with Gasteiger partial charge in [-0.05, 0) is 66.7 Å². The van der Waals surface area contributed by atoms with E-state index in [0.29, 0.717) is 34.4 Å². The van der Waals surface area contributed by atoms with Gasteiger partial charge < -0.3 is 34.5 Å². The molecule has 0 radical (unpaired) electrons. The Labute approximate surface area is 226 Å². The van der Waals surface area contributed by atoms with Crippen molar-refractivity contribution in [1.82, 2.24) is 9.97 Å². The number of anilines is 4. The van der Waals surface area contributed by atoms with E-state index in [1.807, 2.05) is 24.3 Å². The lowest BCUT2D eigenvalue weighted by Gasteiger charge is -2.28. The van der Waals surface area contributed by atoms with E-state index in [-0.39, 0.29) is 11.8 Å². The van der Waals surface area contributed by atoms with Crippen LogP contribution in [0.1, 0.15) is 10.4 Å². The second kappa shape index (κ2) is 12.1. The van der Waals surface area contributed by atoms with Crippen molar-refractivity contribution in [3.8, 4) is 23.1 Å². The molecule has 1 aliphatic rings. The predicted octanol–water partition coefficient (Wildman–Crippen LogP) is 5.12. The third-order valence-electron chi connectivity index (χ3n) is 6.11. The van der Waals surface area contributed by atoms with E-state index in [9.17, 15) is 4.79 Å². The molecule has 200 valence electrons. The molecule has 4 aromatic rings. The highest BCUT2D eigenvalue weighted by molar-refractivity contribution is 6.05. The molecule has 2 heterocycles.